The van der Waals surface area contributed by atoms with Crippen LogP contribution in [0.25, 0.3) is 0 Å². The molecule has 7 heteroatoms. The molecule has 1 amide bonds. The Balaban J connectivity index is 1.64. The van der Waals surface area contributed by atoms with Crippen LogP contribution in [0.15, 0.2) is 23.1 Å². The molecule has 1 saturated heterocycles. The molecule has 3 rings (SSSR count). The maximum atomic E-state index is 12.7. The molecule has 1 heterocycles. The van der Waals surface area contributed by atoms with Crippen molar-refractivity contribution in [3.05, 3.63) is 29.3 Å². The summed E-state index contributed by atoms with van der Waals surface area (Å²) in [6, 6.07) is 5.19. The van der Waals surface area contributed by atoms with Crippen LogP contribution >= 0.6 is 0 Å². The zero-order valence-corrected chi connectivity index (χ0v) is 16.2. The van der Waals surface area contributed by atoms with Gasteiger partial charge in [0.2, 0.25) is 10.0 Å². The van der Waals surface area contributed by atoms with Gasteiger partial charge < -0.3 is 5.32 Å². The molecule has 0 spiro atoms. The van der Waals surface area contributed by atoms with Crippen LogP contribution in [0.2, 0.25) is 0 Å². The summed E-state index contributed by atoms with van der Waals surface area (Å²) >= 11 is 0. The number of carbonyl (C=O) groups excluding carboxylic acids is 1. The van der Waals surface area contributed by atoms with E-state index in [0.29, 0.717) is 11.6 Å². The average molecular weight is 380 g/mol. The second-order valence-corrected chi connectivity index (χ2v) is 9.18. The molecule has 1 saturated carbocycles. The zero-order chi connectivity index (χ0) is 18.7. The molecule has 1 atom stereocenters. The minimum absolute atomic E-state index is 0.0280. The van der Waals surface area contributed by atoms with Crippen molar-refractivity contribution in [1.29, 1.82) is 0 Å². The summed E-state index contributed by atoms with van der Waals surface area (Å²) in [4.78, 5) is 15.2. The van der Waals surface area contributed by atoms with E-state index in [1.54, 1.807) is 13.0 Å². The first-order chi connectivity index (χ1) is 12.3. The Labute approximate surface area is 156 Å². The number of primary sulfonamides is 1. The predicted molar refractivity (Wildman–Crippen MR) is 101 cm³/mol. The first-order valence-corrected chi connectivity index (χ1v) is 11.1. The number of aryl methyl sites for hydroxylation is 1. The van der Waals surface area contributed by atoms with Crippen LogP contribution in [0.5, 0.6) is 0 Å². The Hall–Kier alpha value is -1.44. The molecule has 1 aromatic rings. The molecular weight excluding hydrogens is 350 g/mol. The maximum Gasteiger partial charge on any atom is 0.251 e. The van der Waals surface area contributed by atoms with E-state index in [4.69, 9.17) is 5.14 Å². The lowest BCUT2D eigenvalue weighted by Gasteiger charge is -2.26. The van der Waals surface area contributed by atoms with E-state index >= 15 is 0 Å². The van der Waals surface area contributed by atoms with Crippen LogP contribution in [0.3, 0.4) is 0 Å². The molecule has 6 nitrogen and oxygen atoms in total. The van der Waals surface area contributed by atoms with Gasteiger partial charge in [-0.05, 0) is 43.9 Å². The van der Waals surface area contributed by atoms with Crippen molar-refractivity contribution in [3.8, 4) is 0 Å². The number of benzene rings is 1. The standard InChI is InChI=1S/C19H29N3O3S/c1-14-8-9-17(26(20,24)25)12-18(14)19(23)21-15-10-11-22(13-15)16-6-4-2-3-5-7-16/h8-9,12,15-16H,2-7,10-11,13H2,1H3,(H,21,23)(H2,20,24,25). The highest BCUT2D eigenvalue weighted by atomic mass is 32.2. The molecule has 1 aromatic carbocycles. The summed E-state index contributed by atoms with van der Waals surface area (Å²) in [5, 5.41) is 8.27. The van der Waals surface area contributed by atoms with Gasteiger partial charge in [0.25, 0.3) is 5.91 Å². The average Bonchev–Trinajstić information content (AvgIpc) is 2.87. The molecule has 0 radical (unpaired) electrons. The van der Waals surface area contributed by atoms with Gasteiger partial charge in [-0.1, -0.05) is 31.7 Å². The number of carbonyl (C=O) groups is 1. The van der Waals surface area contributed by atoms with Crippen molar-refractivity contribution in [2.45, 2.75) is 68.8 Å². The lowest BCUT2D eigenvalue weighted by Crippen LogP contribution is -2.40. The van der Waals surface area contributed by atoms with E-state index < -0.39 is 10.0 Å². The van der Waals surface area contributed by atoms with Crippen LogP contribution < -0.4 is 10.5 Å². The Morgan fingerprint density at radius 2 is 1.85 bits per heavy atom. The van der Waals surface area contributed by atoms with E-state index in [1.807, 2.05) is 0 Å². The van der Waals surface area contributed by atoms with E-state index in [0.717, 1.165) is 25.1 Å². The van der Waals surface area contributed by atoms with Crippen LogP contribution in [-0.2, 0) is 10.0 Å². The molecule has 0 aromatic heterocycles. The van der Waals surface area contributed by atoms with E-state index in [9.17, 15) is 13.2 Å². The molecule has 26 heavy (non-hydrogen) atoms. The number of nitrogens with zero attached hydrogens (tertiary/aromatic N) is 1. The van der Waals surface area contributed by atoms with Gasteiger partial charge in [-0.25, -0.2) is 13.6 Å². The molecular formula is C19H29N3O3S. The molecule has 1 aliphatic carbocycles. The zero-order valence-electron chi connectivity index (χ0n) is 15.4. The first kappa shape index (κ1) is 19.3. The first-order valence-electron chi connectivity index (χ1n) is 9.53. The molecule has 144 valence electrons. The van der Waals surface area contributed by atoms with Gasteiger partial charge in [0.05, 0.1) is 4.90 Å². The highest BCUT2D eigenvalue weighted by molar-refractivity contribution is 7.89. The fraction of sp³-hybridized carbons (Fsp3) is 0.632. The summed E-state index contributed by atoms with van der Waals surface area (Å²) in [5.74, 6) is -0.222. The molecule has 2 aliphatic rings. The SMILES string of the molecule is Cc1ccc(S(N)(=O)=O)cc1C(=O)NC1CCN(C2CCCCCC2)C1. The fourth-order valence-electron chi connectivity index (χ4n) is 4.15. The van der Waals surface area contributed by atoms with Crippen molar-refractivity contribution in [1.82, 2.24) is 10.2 Å². The lowest BCUT2D eigenvalue weighted by molar-refractivity contribution is 0.0934. The highest BCUT2D eigenvalue weighted by Gasteiger charge is 2.29. The van der Waals surface area contributed by atoms with Crippen LogP contribution in [0.4, 0.5) is 0 Å². The summed E-state index contributed by atoms with van der Waals surface area (Å²) in [6.45, 7) is 3.70. The van der Waals surface area contributed by atoms with E-state index in [2.05, 4.69) is 10.2 Å². The Kier molecular flexibility index (Phi) is 5.99. The van der Waals surface area contributed by atoms with Crippen molar-refractivity contribution in [2.24, 2.45) is 5.14 Å². The number of likely N-dealkylation sites (tertiary alicyclic amines) is 1. The minimum atomic E-state index is -3.82. The monoisotopic (exact) mass is 379 g/mol. The lowest BCUT2D eigenvalue weighted by atomic mass is 10.1. The number of rotatable bonds is 4. The Morgan fingerprint density at radius 1 is 1.15 bits per heavy atom. The smallest absolute Gasteiger partial charge is 0.251 e. The molecule has 2 fully saturated rings. The topological polar surface area (TPSA) is 92.5 Å². The molecule has 0 bridgehead atoms. The third-order valence-electron chi connectivity index (χ3n) is 5.68. The van der Waals surface area contributed by atoms with E-state index in [1.165, 1.54) is 50.7 Å². The summed E-state index contributed by atoms with van der Waals surface area (Å²) in [6.07, 6.45) is 8.74. The quantitative estimate of drug-likeness (QED) is 0.784. The van der Waals surface area contributed by atoms with Gasteiger partial charge in [0.15, 0.2) is 0 Å². The molecule has 1 unspecified atom stereocenters. The second kappa shape index (κ2) is 8.06. The van der Waals surface area contributed by atoms with Gasteiger partial charge in [0, 0.05) is 30.7 Å². The summed E-state index contributed by atoms with van der Waals surface area (Å²) in [7, 11) is -3.82. The number of hydrogen-bond acceptors (Lipinski definition) is 4. The normalized spacial score (nSPS) is 22.9. The Bertz CT molecular complexity index is 755. The van der Waals surface area contributed by atoms with Gasteiger partial charge in [-0.15, -0.1) is 0 Å². The number of amides is 1. The van der Waals surface area contributed by atoms with Crippen molar-refractivity contribution in [2.75, 3.05) is 13.1 Å². The highest BCUT2D eigenvalue weighted by Crippen LogP contribution is 2.25. The van der Waals surface area contributed by atoms with E-state index in [-0.39, 0.29) is 16.8 Å². The third kappa shape index (κ3) is 4.64. The predicted octanol–water partition coefficient (Wildman–Crippen LogP) is 2.17. The second-order valence-electron chi connectivity index (χ2n) is 7.62. The molecule has 1 aliphatic heterocycles. The number of nitrogens with two attached hydrogens (primary N) is 1. The van der Waals surface area contributed by atoms with Crippen LogP contribution in [0, 0.1) is 6.92 Å². The number of nitrogens with one attached hydrogen (secondary N) is 1. The minimum Gasteiger partial charge on any atom is -0.348 e. The van der Waals surface area contributed by atoms with Crippen LogP contribution in [0.1, 0.15) is 60.9 Å². The summed E-state index contributed by atoms with van der Waals surface area (Å²) in [5.41, 5.74) is 1.12. The van der Waals surface area contributed by atoms with Crippen LogP contribution in [-0.4, -0.2) is 44.4 Å². The third-order valence-corrected chi connectivity index (χ3v) is 6.59. The van der Waals surface area contributed by atoms with Crippen molar-refractivity contribution < 1.29 is 13.2 Å². The van der Waals surface area contributed by atoms with Gasteiger partial charge in [-0.2, -0.15) is 0 Å². The van der Waals surface area contributed by atoms with Crippen molar-refractivity contribution in [3.63, 3.8) is 0 Å². The number of sulfonamides is 1. The van der Waals surface area contributed by atoms with Gasteiger partial charge in [0.1, 0.15) is 0 Å². The largest absolute Gasteiger partial charge is 0.348 e. The van der Waals surface area contributed by atoms with Gasteiger partial charge in [-0.3, -0.25) is 9.69 Å². The van der Waals surface area contributed by atoms with Crippen molar-refractivity contribution >= 4 is 15.9 Å². The molecule has 3 N–H and O–H groups in total. The Morgan fingerprint density at radius 3 is 2.50 bits per heavy atom. The fourth-order valence-corrected chi connectivity index (χ4v) is 4.69. The maximum absolute atomic E-state index is 12.7. The number of hydrogen-bond donors (Lipinski definition) is 2. The summed E-state index contributed by atoms with van der Waals surface area (Å²) < 4.78 is 23.1. The van der Waals surface area contributed by atoms with Gasteiger partial charge >= 0.3 is 0 Å².